The summed E-state index contributed by atoms with van der Waals surface area (Å²) in [5.41, 5.74) is 2.95. The lowest BCUT2D eigenvalue weighted by atomic mass is 9.87. The number of hydrogen-bond donors (Lipinski definition) is 1. The van der Waals surface area contributed by atoms with E-state index in [1.54, 1.807) is 24.3 Å². The molecule has 34 heavy (non-hydrogen) atoms. The number of rotatable bonds is 5. The van der Waals surface area contributed by atoms with Crippen molar-refractivity contribution >= 4 is 23.1 Å². The summed E-state index contributed by atoms with van der Waals surface area (Å²) in [4.78, 5) is 28.0. The van der Waals surface area contributed by atoms with Gasteiger partial charge in [-0.15, -0.1) is 0 Å². The molecule has 1 heterocycles. The summed E-state index contributed by atoms with van der Waals surface area (Å²) in [7, 11) is 0. The second-order valence-electron chi connectivity index (χ2n) is 9.33. The van der Waals surface area contributed by atoms with Gasteiger partial charge in [-0.3, -0.25) is 14.5 Å². The molecule has 174 valence electrons. The summed E-state index contributed by atoms with van der Waals surface area (Å²) < 4.78 is 5.48. The number of aliphatic hydroxyl groups excluding tert-OH is 1. The van der Waals surface area contributed by atoms with Crippen molar-refractivity contribution in [3.63, 3.8) is 0 Å². The van der Waals surface area contributed by atoms with Crippen molar-refractivity contribution in [2.24, 2.45) is 0 Å². The molecule has 5 heteroatoms. The Morgan fingerprint density at radius 2 is 1.53 bits per heavy atom. The summed E-state index contributed by atoms with van der Waals surface area (Å²) in [6.45, 7) is 8.78. The summed E-state index contributed by atoms with van der Waals surface area (Å²) in [5.74, 6) is -0.910. The number of hydrogen-bond acceptors (Lipinski definition) is 4. The molecule has 1 N–H and O–H groups in total. The van der Waals surface area contributed by atoms with Crippen LogP contribution in [-0.4, -0.2) is 23.4 Å². The van der Waals surface area contributed by atoms with E-state index in [0.29, 0.717) is 23.6 Å². The van der Waals surface area contributed by atoms with Crippen LogP contribution in [0.25, 0.3) is 5.76 Å². The second-order valence-corrected chi connectivity index (χ2v) is 9.33. The lowest BCUT2D eigenvalue weighted by Gasteiger charge is -2.26. The molecule has 0 radical (unpaired) electrons. The van der Waals surface area contributed by atoms with Crippen LogP contribution in [0.15, 0.2) is 84.4 Å². The number of amides is 1. The minimum atomic E-state index is -0.742. The third kappa shape index (κ3) is 4.34. The highest BCUT2D eigenvalue weighted by molar-refractivity contribution is 6.51. The van der Waals surface area contributed by atoms with E-state index < -0.39 is 17.7 Å². The SMILES string of the molecule is CCOc1ccc(/C(O)=C2\C(=O)C(=O)N(c3ccc(C(C)(C)C)cc3)C2c2ccccc2)cc1. The molecule has 1 unspecified atom stereocenters. The maximum Gasteiger partial charge on any atom is 0.300 e. The van der Waals surface area contributed by atoms with Crippen LogP contribution in [0, 0.1) is 0 Å². The molecule has 4 rings (SSSR count). The number of carbonyl (C=O) groups is 2. The Morgan fingerprint density at radius 3 is 2.09 bits per heavy atom. The normalized spacial score (nSPS) is 17.8. The van der Waals surface area contributed by atoms with Gasteiger partial charge in [-0.05, 0) is 59.9 Å². The Morgan fingerprint density at radius 1 is 0.912 bits per heavy atom. The van der Waals surface area contributed by atoms with Crippen LogP contribution in [0.3, 0.4) is 0 Å². The summed E-state index contributed by atoms with van der Waals surface area (Å²) in [6.07, 6.45) is 0. The summed E-state index contributed by atoms with van der Waals surface area (Å²) in [5, 5.41) is 11.2. The maximum atomic E-state index is 13.3. The molecule has 0 aliphatic carbocycles. The van der Waals surface area contributed by atoms with E-state index in [4.69, 9.17) is 4.74 Å². The Bertz CT molecular complexity index is 1220. The smallest absolute Gasteiger partial charge is 0.300 e. The van der Waals surface area contributed by atoms with Crippen LogP contribution in [0.1, 0.15) is 50.4 Å². The number of aliphatic hydroxyl groups is 1. The van der Waals surface area contributed by atoms with Crippen molar-refractivity contribution < 1.29 is 19.4 Å². The average molecular weight is 456 g/mol. The minimum absolute atomic E-state index is 0.0425. The Kier molecular flexibility index (Phi) is 6.29. The van der Waals surface area contributed by atoms with Gasteiger partial charge in [0.05, 0.1) is 18.2 Å². The highest BCUT2D eigenvalue weighted by Crippen LogP contribution is 2.42. The molecule has 1 atom stereocenters. The number of carbonyl (C=O) groups excluding carboxylic acids is 2. The molecule has 0 aromatic heterocycles. The first-order chi connectivity index (χ1) is 16.2. The van der Waals surface area contributed by atoms with Crippen molar-refractivity contribution in [1.82, 2.24) is 0 Å². The lowest BCUT2D eigenvalue weighted by Crippen LogP contribution is -2.29. The Labute approximate surface area is 200 Å². The molecule has 1 fully saturated rings. The van der Waals surface area contributed by atoms with Crippen LogP contribution < -0.4 is 9.64 Å². The van der Waals surface area contributed by atoms with Gasteiger partial charge < -0.3 is 9.84 Å². The Hall–Kier alpha value is -3.86. The van der Waals surface area contributed by atoms with E-state index in [1.165, 1.54) is 4.90 Å². The molecule has 1 saturated heterocycles. The first-order valence-corrected chi connectivity index (χ1v) is 11.4. The quantitative estimate of drug-likeness (QED) is 0.291. The molecule has 3 aromatic rings. The predicted octanol–water partition coefficient (Wildman–Crippen LogP) is 6.01. The lowest BCUT2D eigenvalue weighted by molar-refractivity contribution is -0.132. The van der Waals surface area contributed by atoms with Crippen LogP contribution in [0.4, 0.5) is 5.69 Å². The average Bonchev–Trinajstić information content (AvgIpc) is 3.10. The second kappa shape index (κ2) is 9.18. The number of nitrogens with zero attached hydrogens (tertiary/aromatic N) is 1. The van der Waals surface area contributed by atoms with Crippen molar-refractivity contribution in [3.8, 4) is 5.75 Å². The molecule has 1 aliphatic rings. The first-order valence-electron chi connectivity index (χ1n) is 11.4. The molecule has 0 saturated carbocycles. The molecule has 3 aromatic carbocycles. The molecule has 5 nitrogen and oxygen atoms in total. The van der Waals surface area contributed by atoms with E-state index >= 15 is 0 Å². The Balaban J connectivity index is 1.84. The van der Waals surface area contributed by atoms with Gasteiger partial charge in [-0.1, -0.05) is 63.2 Å². The van der Waals surface area contributed by atoms with E-state index in [2.05, 4.69) is 20.8 Å². The molecule has 0 bridgehead atoms. The van der Waals surface area contributed by atoms with Crippen LogP contribution in [0.5, 0.6) is 5.75 Å². The predicted molar refractivity (Wildman–Crippen MR) is 134 cm³/mol. The van der Waals surface area contributed by atoms with Crippen molar-refractivity contribution in [2.75, 3.05) is 11.5 Å². The van der Waals surface area contributed by atoms with Gasteiger partial charge in [0.2, 0.25) is 0 Å². The fourth-order valence-electron chi connectivity index (χ4n) is 4.20. The largest absolute Gasteiger partial charge is 0.507 e. The van der Waals surface area contributed by atoms with Crippen LogP contribution >= 0.6 is 0 Å². The van der Waals surface area contributed by atoms with Gasteiger partial charge in [0.25, 0.3) is 11.7 Å². The molecular weight excluding hydrogens is 426 g/mol. The zero-order valence-corrected chi connectivity index (χ0v) is 19.9. The number of Topliss-reactive ketones (excluding diaryl/α,β-unsaturated/α-hetero) is 1. The fraction of sp³-hybridized carbons (Fsp3) is 0.241. The van der Waals surface area contributed by atoms with Crippen LogP contribution in [-0.2, 0) is 15.0 Å². The van der Waals surface area contributed by atoms with E-state index in [9.17, 15) is 14.7 Å². The van der Waals surface area contributed by atoms with Gasteiger partial charge in [0, 0.05) is 11.3 Å². The van der Waals surface area contributed by atoms with Crippen molar-refractivity contribution in [3.05, 3.63) is 101 Å². The first kappa shape index (κ1) is 23.3. The third-order valence-corrected chi connectivity index (χ3v) is 6.01. The molecule has 1 amide bonds. The van der Waals surface area contributed by atoms with Gasteiger partial charge in [-0.25, -0.2) is 0 Å². The standard InChI is InChI=1S/C29H29NO4/c1-5-34-23-17-11-20(12-18-23)26(31)24-25(19-9-7-6-8-10-19)30(28(33)27(24)32)22-15-13-21(14-16-22)29(2,3)4/h6-18,25,31H,5H2,1-4H3/b26-24+. The van der Waals surface area contributed by atoms with Gasteiger partial charge in [0.1, 0.15) is 11.5 Å². The van der Waals surface area contributed by atoms with Gasteiger partial charge in [0.15, 0.2) is 0 Å². The van der Waals surface area contributed by atoms with Gasteiger partial charge in [-0.2, -0.15) is 0 Å². The maximum absolute atomic E-state index is 13.3. The monoisotopic (exact) mass is 455 g/mol. The summed E-state index contributed by atoms with van der Waals surface area (Å²) >= 11 is 0. The van der Waals surface area contributed by atoms with E-state index in [-0.39, 0.29) is 16.7 Å². The summed E-state index contributed by atoms with van der Waals surface area (Å²) in [6, 6.07) is 23.1. The van der Waals surface area contributed by atoms with Crippen molar-refractivity contribution in [2.45, 2.75) is 39.2 Å². The van der Waals surface area contributed by atoms with E-state index in [1.807, 2.05) is 61.5 Å². The number of benzene rings is 3. The van der Waals surface area contributed by atoms with E-state index in [0.717, 1.165) is 11.1 Å². The van der Waals surface area contributed by atoms with Crippen LogP contribution in [0.2, 0.25) is 0 Å². The van der Waals surface area contributed by atoms with Crippen molar-refractivity contribution in [1.29, 1.82) is 0 Å². The number of ketones is 1. The third-order valence-electron chi connectivity index (χ3n) is 6.01. The topological polar surface area (TPSA) is 66.8 Å². The zero-order chi connectivity index (χ0) is 24.5. The molecule has 1 aliphatic heterocycles. The number of anilines is 1. The highest BCUT2D eigenvalue weighted by Gasteiger charge is 2.46. The highest BCUT2D eigenvalue weighted by atomic mass is 16.5. The molecular formula is C29H29NO4. The van der Waals surface area contributed by atoms with Gasteiger partial charge >= 0.3 is 0 Å². The fourth-order valence-corrected chi connectivity index (χ4v) is 4.20. The zero-order valence-electron chi connectivity index (χ0n) is 19.9. The minimum Gasteiger partial charge on any atom is -0.507 e. The number of ether oxygens (including phenoxy) is 1. The molecule has 0 spiro atoms.